The fraction of sp³-hybridized carbons (Fsp3) is 0.429. The maximum atomic E-state index is 12.3. The standard InChI is InChI=1S/C14H16F2N4O2S/c1-21-11-6-8(2-5-10(11)22-13(15)16)7-23-14-19-18-12(20(14)17)9-3-4-9/h2,5-6,9,13H,3-4,7,17H2,1H3. The molecular formula is C14H16F2N4O2S. The lowest BCUT2D eigenvalue weighted by molar-refractivity contribution is -0.0512. The molecule has 2 aromatic rings. The number of ether oxygens (including phenoxy) is 2. The number of rotatable bonds is 7. The fourth-order valence-corrected chi connectivity index (χ4v) is 2.96. The van der Waals surface area contributed by atoms with Crippen LogP contribution in [0.1, 0.15) is 30.1 Å². The van der Waals surface area contributed by atoms with Gasteiger partial charge in [0.2, 0.25) is 5.16 Å². The molecule has 0 unspecified atom stereocenters. The van der Waals surface area contributed by atoms with Gasteiger partial charge < -0.3 is 15.3 Å². The monoisotopic (exact) mass is 342 g/mol. The summed E-state index contributed by atoms with van der Waals surface area (Å²) in [6.07, 6.45) is 2.20. The van der Waals surface area contributed by atoms with Crippen LogP contribution in [-0.4, -0.2) is 28.6 Å². The van der Waals surface area contributed by atoms with Crippen molar-refractivity contribution in [1.29, 1.82) is 0 Å². The second kappa shape index (κ2) is 6.61. The minimum absolute atomic E-state index is 0.00858. The van der Waals surface area contributed by atoms with E-state index in [0.29, 0.717) is 16.8 Å². The van der Waals surface area contributed by atoms with Crippen LogP contribution < -0.4 is 15.3 Å². The van der Waals surface area contributed by atoms with E-state index in [9.17, 15) is 8.78 Å². The largest absolute Gasteiger partial charge is 0.493 e. The van der Waals surface area contributed by atoms with Crippen LogP contribution in [0.3, 0.4) is 0 Å². The zero-order valence-corrected chi connectivity index (χ0v) is 13.2. The van der Waals surface area contributed by atoms with Crippen LogP contribution in [0, 0.1) is 0 Å². The Morgan fingerprint density at radius 2 is 2.13 bits per heavy atom. The van der Waals surface area contributed by atoms with Crippen molar-refractivity contribution < 1.29 is 18.3 Å². The average molecular weight is 342 g/mol. The van der Waals surface area contributed by atoms with E-state index < -0.39 is 6.61 Å². The first-order chi connectivity index (χ1) is 11.1. The Labute approximate surface area is 135 Å². The molecule has 9 heteroatoms. The van der Waals surface area contributed by atoms with Crippen molar-refractivity contribution in [2.45, 2.75) is 36.3 Å². The van der Waals surface area contributed by atoms with Crippen molar-refractivity contribution in [2.75, 3.05) is 13.0 Å². The SMILES string of the molecule is COc1cc(CSc2nnc(C3CC3)n2N)ccc1OC(F)F. The highest BCUT2D eigenvalue weighted by Gasteiger charge is 2.29. The molecule has 23 heavy (non-hydrogen) atoms. The molecule has 0 radical (unpaired) electrons. The van der Waals surface area contributed by atoms with Gasteiger partial charge in [-0.05, 0) is 30.5 Å². The maximum Gasteiger partial charge on any atom is 0.387 e. The molecule has 1 aromatic carbocycles. The molecule has 1 fully saturated rings. The van der Waals surface area contributed by atoms with E-state index in [1.165, 1.54) is 29.6 Å². The number of hydrogen-bond donors (Lipinski definition) is 1. The second-order valence-electron chi connectivity index (χ2n) is 5.14. The van der Waals surface area contributed by atoms with Crippen molar-refractivity contribution in [2.24, 2.45) is 0 Å². The van der Waals surface area contributed by atoms with Gasteiger partial charge in [-0.1, -0.05) is 17.8 Å². The molecule has 1 heterocycles. The van der Waals surface area contributed by atoms with Gasteiger partial charge in [-0.25, -0.2) is 4.68 Å². The second-order valence-corrected chi connectivity index (χ2v) is 6.08. The molecule has 0 atom stereocenters. The molecule has 2 N–H and O–H groups in total. The average Bonchev–Trinajstić information content (AvgIpc) is 3.30. The Kier molecular flexibility index (Phi) is 4.56. The van der Waals surface area contributed by atoms with Crippen molar-refractivity contribution >= 4 is 11.8 Å². The summed E-state index contributed by atoms with van der Waals surface area (Å²) in [6, 6.07) is 4.82. The zero-order chi connectivity index (χ0) is 16.4. The summed E-state index contributed by atoms with van der Waals surface area (Å²) >= 11 is 1.42. The van der Waals surface area contributed by atoms with Gasteiger partial charge in [-0.15, -0.1) is 10.2 Å². The van der Waals surface area contributed by atoms with Gasteiger partial charge in [-0.2, -0.15) is 8.78 Å². The number of halogens is 2. The number of nitrogens with two attached hydrogens (primary N) is 1. The number of nitrogen functional groups attached to an aromatic ring is 1. The molecule has 0 amide bonds. The third-order valence-electron chi connectivity index (χ3n) is 3.45. The Morgan fingerprint density at radius 3 is 2.78 bits per heavy atom. The lowest BCUT2D eigenvalue weighted by atomic mass is 10.2. The van der Waals surface area contributed by atoms with E-state index in [4.69, 9.17) is 10.6 Å². The Morgan fingerprint density at radius 1 is 1.35 bits per heavy atom. The molecule has 124 valence electrons. The smallest absolute Gasteiger partial charge is 0.387 e. The normalized spacial score (nSPS) is 14.3. The number of benzene rings is 1. The first kappa shape index (κ1) is 15.9. The van der Waals surface area contributed by atoms with Crippen LogP contribution >= 0.6 is 11.8 Å². The number of alkyl halides is 2. The zero-order valence-electron chi connectivity index (χ0n) is 12.4. The summed E-state index contributed by atoms with van der Waals surface area (Å²) in [5.74, 6) is 8.05. The van der Waals surface area contributed by atoms with Gasteiger partial charge in [0.05, 0.1) is 7.11 Å². The summed E-state index contributed by atoms with van der Waals surface area (Å²) < 4.78 is 35.6. The number of thioether (sulfide) groups is 1. The topological polar surface area (TPSA) is 75.2 Å². The van der Waals surface area contributed by atoms with E-state index in [1.807, 2.05) is 0 Å². The van der Waals surface area contributed by atoms with E-state index in [1.54, 1.807) is 12.1 Å². The highest BCUT2D eigenvalue weighted by molar-refractivity contribution is 7.98. The molecule has 1 aliphatic carbocycles. The summed E-state index contributed by atoms with van der Waals surface area (Å²) in [7, 11) is 1.41. The molecule has 0 bridgehead atoms. The quantitative estimate of drug-likeness (QED) is 0.616. The van der Waals surface area contributed by atoms with Crippen LogP contribution in [0.15, 0.2) is 23.4 Å². The van der Waals surface area contributed by atoms with Gasteiger partial charge in [0.25, 0.3) is 0 Å². The van der Waals surface area contributed by atoms with Crippen LogP contribution in [0.25, 0.3) is 0 Å². The maximum absolute atomic E-state index is 12.3. The molecule has 1 saturated carbocycles. The molecule has 3 rings (SSSR count). The lowest BCUT2D eigenvalue weighted by Crippen LogP contribution is -2.13. The highest BCUT2D eigenvalue weighted by atomic mass is 32.2. The summed E-state index contributed by atoms with van der Waals surface area (Å²) in [5, 5.41) is 8.82. The number of aromatic nitrogens is 3. The van der Waals surface area contributed by atoms with Gasteiger partial charge >= 0.3 is 6.61 Å². The number of methoxy groups -OCH3 is 1. The third-order valence-corrected chi connectivity index (χ3v) is 4.46. The van der Waals surface area contributed by atoms with Crippen molar-refractivity contribution in [3.05, 3.63) is 29.6 Å². The minimum Gasteiger partial charge on any atom is -0.493 e. The van der Waals surface area contributed by atoms with Crippen molar-refractivity contribution in [3.63, 3.8) is 0 Å². The van der Waals surface area contributed by atoms with Gasteiger partial charge in [0, 0.05) is 11.7 Å². The van der Waals surface area contributed by atoms with Crippen LogP contribution in [0.4, 0.5) is 8.78 Å². The highest BCUT2D eigenvalue weighted by Crippen LogP contribution is 2.39. The van der Waals surface area contributed by atoms with Crippen LogP contribution in [-0.2, 0) is 5.75 Å². The Balaban J connectivity index is 1.68. The van der Waals surface area contributed by atoms with Crippen LogP contribution in [0.2, 0.25) is 0 Å². The third kappa shape index (κ3) is 3.66. The molecule has 0 spiro atoms. The van der Waals surface area contributed by atoms with E-state index >= 15 is 0 Å². The fourth-order valence-electron chi connectivity index (χ4n) is 2.15. The Hall–Kier alpha value is -2.03. The molecule has 1 aliphatic rings. The van der Waals surface area contributed by atoms with Crippen molar-refractivity contribution in [1.82, 2.24) is 14.9 Å². The predicted octanol–water partition coefficient (Wildman–Crippen LogP) is 2.77. The van der Waals surface area contributed by atoms with Gasteiger partial charge in [-0.3, -0.25) is 0 Å². The lowest BCUT2D eigenvalue weighted by Gasteiger charge is -2.11. The van der Waals surface area contributed by atoms with Crippen molar-refractivity contribution in [3.8, 4) is 11.5 Å². The first-order valence-electron chi connectivity index (χ1n) is 7.03. The number of nitrogens with zero attached hydrogens (tertiary/aromatic N) is 3. The Bertz CT molecular complexity index is 691. The summed E-state index contributed by atoms with van der Waals surface area (Å²) in [6.45, 7) is -2.89. The van der Waals surface area contributed by atoms with Crippen LogP contribution in [0.5, 0.6) is 11.5 Å². The van der Waals surface area contributed by atoms with E-state index in [2.05, 4.69) is 14.9 Å². The van der Waals surface area contributed by atoms with E-state index in [-0.39, 0.29) is 11.5 Å². The predicted molar refractivity (Wildman–Crippen MR) is 81.3 cm³/mol. The molecule has 0 aliphatic heterocycles. The van der Waals surface area contributed by atoms with Gasteiger partial charge in [0.1, 0.15) is 0 Å². The first-order valence-corrected chi connectivity index (χ1v) is 8.02. The summed E-state index contributed by atoms with van der Waals surface area (Å²) in [5.41, 5.74) is 0.879. The molecular weight excluding hydrogens is 326 g/mol. The van der Waals surface area contributed by atoms with Gasteiger partial charge in [0.15, 0.2) is 17.3 Å². The number of hydrogen-bond acceptors (Lipinski definition) is 6. The molecule has 1 aromatic heterocycles. The molecule has 0 saturated heterocycles. The van der Waals surface area contributed by atoms with E-state index in [0.717, 1.165) is 24.2 Å². The minimum atomic E-state index is -2.89. The summed E-state index contributed by atoms with van der Waals surface area (Å²) in [4.78, 5) is 0. The molecule has 6 nitrogen and oxygen atoms in total.